The van der Waals surface area contributed by atoms with Crippen LogP contribution in [0.4, 0.5) is 0 Å². The van der Waals surface area contributed by atoms with Crippen LogP contribution in [0.3, 0.4) is 0 Å². The summed E-state index contributed by atoms with van der Waals surface area (Å²) in [6.07, 6.45) is 0. The Labute approximate surface area is 174 Å². The van der Waals surface area contributed by atoms with Crippen LogP contribution in [0.5, 0.6) is 0 Å². The highest BCUT2D eigenvalue weighted by atomic mass is 32.2. The highest BCUT2D eigenvalue weighted by molar-refractivity contribution is 7.89. The fourth-order valence-electron chi connectivity index (χ4n) is 3.51. The summed E-state index contributed by atoms with van der Waals surface area (Å²) in [7, 11) is -3.53. The fourth-order valence-corrected chi connectivity index (χ4v) is 4.93. The predicted octanol–water partition coefficient (Wildman–Crippen LogP) is 3.69. The predicted molar refractivity (Wildman–Crippen MR) is 116 cm³/mol. The van der Waals surface area contributed by atoms with Gasteiger partial charge in [-0.2, -0.15) is 4.31 Å². The minimum absolute atomic E-state index is 0.0712. The third-order valence-corrected chi connectivity index (χ3v) is 7.37. The van der Waals surface area contributed by atoms with Crippen molar-refractivity contribution < 1.29 is 13.2 Å². The lowest BCUT2D eigenvalue weighted by molar-refractivity contribution is 0.101. The Kier molecular flexibility index (Phi) is 6.27. The van der Waals surface area contributed by atoms with Crippen molar-refractivity contribution in [3.05, 3.63) is 65.2 Å². The summed E-state index contributed by atoms with van der Waals surface area (Å²) in [5.41, 5.74) is 3.22. The number of nitrogens with zero attached hydrogens (tertiary/aromatic N) is 2. The topological polar surface area (TPSA) is 57.7 Å². The second kappa shape index (κ2) is 8.38. The van der Waals surface area contributed by atoms with Crippen LogP contribution in [-0.4, -0.2) is 49.6 Å². The van der Waals surface area contributed by atoms with Crippen LogP contribution in [0.2, 0.25) is 0 Å². The maximum atomic E-state index is 12.9. The number of rotatable bonds is 5. The molecule has 0 aliphatic carbocycles. The molecule has 156 valence electrons. The van der Waals surface area contributed by atoms with E-state index in [1.807, 2.05) is 0 Å². The van der Waals surface area contributed by atoms with Gasteiger partial charge in [-0.25, -0.2) is 8.42 Å². The van der Waals surface area contributed by atoms with Gasteiger partial charge >= 0.3 is 0 Å². The van der Waals surface area contributed by atoms with Gasteiger partial charge in [0, 0.05) is 38.3 Å². The monoisotopic (exact) mass is 414 g/mol. The minimum atomic E-state index is -3.53. The van der Waals surface area contributed by atoms with E-state index in [2.05, 4.69) is 49.9 Å². The molecule has 0 saturated carbocycles. The molecule has 1 heterocycles. The molecule has 1 fully saturated rings. The summed E-state index contributed by atoms with van der Waals surface area (Å²) in [6, 6.07) is 14.9. The molecule has 3 rings (SSSR count). The molecule has 2 aromatic carbocycles. The second-order valence-electron chi connectivity index (χ2n) is 8.71. The summed E-state index contributed by atoms with van der Waals surface area (Å²) >= 11 is 0. The molecular weight excluding hydrogens is 384 g/mol. The smallest absolute Gasteiger partial charge is 0.243 e. The molecule has 0 amide bonds. The molecule has 0 aromatic heterocycles. The molecular formula is C23H30N2O3S. The summed E-state index contributed by atoms with van der Waals surface area (Å²) in [6.45, 7) is 11.2. The summed E-state index contributed by atoms with van der Waals surface area (Å²) in [5.74, 6) is -0.0712. The number of carbonyl (C=O) groups is 1. The van der Waals surface area contributed by atoms with E-state index in [1.165, 1.54) is 34.5 Å². The van der Waals surface area contributed by atoms with Crippen molar-refractivity contribution in [1.82, 2.24) is 9.21 Å². The first-order chi connectivity index (χ1) is 13.6. The van der Waals surface area contributed by atoms with Crippen molar-refractivity contribution >= 4 is 15.8 Å². The maximum absolute atomic E-state index is 12.9. The number of carbonyl (C=O) groups excluding carboxylic acids is 1. The Bertz CT molecular complexity index is 951. The molecule has 0 N–H and O–H groups in total. The van der Waals surface area contributed by atoms with Gasteiger partial charge in [-0.05, 0) is 35.6 Å². The third-order valence-electron chi connectivity index (χ3n) is 5.46. The first-order valence-corrected chi connectivity index (χ1v) is 11.4. The average Bonchev–Trinajstić information content (AvgIpc) is 2.68. The first kappa shape index (κ1) is 21.7. The molecule has 0 bridgehead atoms. The molecule has 6 heteroatoms. The van der Waals surface area contributed by atoms with Gasteiger partial charge in [0.1, 0.15) is 0 Å². The summed E-state index contributed by atoms with van der Waals surface area (Å²) < 4.78 is 27.3. The van der Waals surface area contributed by atoms with E-state index in [1.54, 1.807) is 12.1 Å². The van der Waals surface area contributed by atoms with Gasteiger partial charge in [0.2, 0.25) is 10.0 Å². The Hall–Kier alpha value is -2.02. The lowest BCUT2D eigenvalue weighted by Gasteiger charge is -2.34. The maximum Gasteiger partial charge on any atom is 0.243 e. The van der Waals surface area contributed by atoms with E-state index in [9.17, 15) is 13.2 Å². The fraction of sp³-hybridized carbons (Fsp3) is 0.435. The van der Waals surface area contributed by atoms with E-state index in [-0.39, 0.29) is 16.1 Å². The molecule has 5 nitrogen and oxygen atoms in total. The van der Waals surface area contributed by atoms with Crippen LogP contribution < -0.4 is 0 Å². The number of sulfonamides is 1. The van der Waals surface area contributed by atoms with Crippen LogP contribution in [0, 0.1) is 0 Å². The van der Waals surface area contributed by atoms with E-state index in [0.717, 1.165) is 6.54 Å². The molecule has 2 aromatic rings. The Morgan fingerprint density at radius 1 is 0.897 bits per heavy atom. The number of hydrogen-bond donors (Lipinski definition) is 0. The van der Waals surface area contributed by atoms with Gasteiger partial charge in [0.05, 0.1) is 4.90 Å². The molecule has 0 atom stereocenters. The Morgan fingerprint density at radius 3 is 1.93 bits per heavy atom. The number of ketones is 1. The molecule has 1 aliphatic heterocycles. The normalized spacial score (nSPS) is 16.7. The van der Waals surface area contributed by atoms with Gasteiger partial charge in [-0.3, -0.25) is 9.69 Å². The van der Waals surface area contributed by atoms with Crippen molar-refractivity contribution in [1.29, 1.82) is 0 Å². The van der Waals surface area contributed by atoms with Crippen molar-refractivity contribution in [2.45, 2.75) is 44.6 Å². The summed E-state index contributed by atoms with van der Waals surface area (Å²) in [5, 5.41) is 0. The molecule has 0 radical (unpaired) electrons. The number of hydrogen-bond acceptors (Lipinski definition) is 4. The van der Waals surface area contributed by atoms with Crippen LogP contribution in [0.25, 0.3) is 0 Å². The van der Waals surface area contributed by atoms with Crippen LogP contribution in [-0.2, 0) is 22.0 Å². The lowest BCUT2D eigenvalue weighted by Crippen LogP contribution is -2.48. The third kappa shape index (κ3) is 5.13. The zero-order valence-electron chi connectivity index (χ0n) is 17.7. The van der Waals surface area contributed by atoms with Crippen LogP contribution in [0.15, 0.2) is 53.4 Å². The van der Waals surface area contributed by atoms with Crippen molar-refractivity contribution in [2.24, 2.45) is 0 Å². The zero-order valence-corrected chi connectivity index (χ0v) is 18.5. The standard InChI is InChI=1S/C23H30N2O3S/c1-18(26)20-7-11-22(12-8-20)29(27,28)25-15-13-24(14-16-25)17-19-5-9-21(10-6-19)23(2,3)4/h5-12H,13-17H2,1-4H3. The van der Waals surface area contributed by atoms with Crippen molar-refractivity contribution in [3.8, 4) is 0 Å². The average molecular weight is 415 g/mol. The van der Waals surface area contributed by atoms with Gasteiger partial charge in [0.25, 0.3) is 0 Å². The largest absolute Gasteiger partial charge is 0.296 e. The zero-order chi connectivity index (χ0) is 21.2. The van der Waals surface area contributed by atoms with E-state index >= 15 is 0 Å². The summed E-state index contributed by atoms with van der Waals surface area (Å²) in [4.78, 5) is 13.9. The van der Waals surface area contributed by atoms with Gasteiger partial charge < -0.3 is 0 Å². The van der Waals surface area contributed by atoms with Crippen molar-refractivity contribution in [2.75, 3.05) is 26.2 Å². The number of Topliss-reactive ketones (excluding diaryl/α,β-unsaturated/α-hetero) is 1. The van der Waals surface area contributed by atoms with Gasteiger partial charge in [-0.15, -0.1) is 0 Å². The lowest BCUT2D eigenvalue weighted by atomic mass is 9.87. The van der Waals surface area contributed by atoms with E-state index < -0.39 is 10.0 Å². The SMILES string of the molecule is CC(=O)c1ccc(S(=O)(=O)N2CCN(Cc3ccc(C(C)(C)C)cc3)CC2)cc1. The Morgan fingerprint density at radius 2 is 1.45 bits per heavy atom. The molecule has 1 aliphatic rings. The second-order valence-corrected chi connectivity index (χ2v) is 10.6. The molecule has 29 heavy (non-hydrogen) atoms. The van der Waals surface area contributed by atoms with E-state index in [0.29, 0.717) is 31.7 Å². The molecule has 0 spiro atoms. The van der Waals surface area contributed by atoms with Gasteiger partial charge in [-0.1, -0.05) is 57.2 Å². The quantitative estimate of drug-likeness (QED) is 0.700. The highest BCUT2D eigenvalue weighted by Gasteiger charge is 2.28. The van der Waals surface area contributed by atoms with Gasteiger partial charge in [0.15, 0.2) is 5.78 Å². The highest BCUT2D eigenvalue weighted by Crippen LogP contribution is 2.23. The first-order valence-electron chi connectivity index (χ1n) is 10.0. The minimum Gasteiger partial charge on any atom is -0.296 e. The molecule has 1 saturated heterocycles. The van der Waals surface area contributed by atoms with Crippen LogP contribution >= 0.6 is 0 Å². The van der Waals surface area contributed by atoms with Crippen molar-refractivity contribution in [3.63, 3.8) is 0 Å². The van der Waals surface area contributed by atoms with E-state index in [4.69, 9.17) is 0 Å². The molecule has 0 unspecified atom stereocenters. The Balaban J connectivity index is 1.60. The van der Waals surface area contributed by atoms with Crippen LogP contribution in [0.1, 0.15) is 49.2 Å². The number of benzene rings is 2. The number of piperazine rings is 1.